The molecule has 0 spiro atoms. The second kappa shape index (κ2) is 5.98. The van der Waals surface area contributed by atoms with E-state index in [1.54, 1.807) is 0 Å². The van der Waals surface area contributed by atoms with Crippen molar-refractivity contribution in [3.05, 3.63) is 11.9 Å². The number of anilines is 1. The van der Waals surface area contributed by atoms with Crippen LogP contribution in [-0.4, -0.2) is 22.6 Å². The van der Waals surface area contributed by atoms with Gasteiger partial charge in [0, 0.05) is 18.0 Å². The number of nitrogens with one attached hydrogen (secondary N) is 1. The molecule has 1 N–H and O–H groups in total. The largest absolute Gasteiger partial charge is 0.478 e. The van der Waals surface area contributed by atoms with Crippen LogP contribution in [0.2, 0.25) is 0 Å². The Bertz CT molecular complexity index is 459. The minimum absolute atomic E-state index is 0.542. The molecule has 2 aliphatic rings. The van der Waals surface area contributed by atoms with E-state index in [-0.39, 0.29) is 0 Å². The van der Waals surface area contributed by atoms with Crippen molar-refractivity contribution in [3.63, 3.8) is 0 Å². The van der Waals surface area contributed by atoms with Gasteiger partial charge in [-0.2, -0.15) is 4.98 Å². The Kier molecular flexibility index (Phi) is 4.08. The fourth-order valence-electron chi connectivity index (χ4n) is 2.98. The predicted octanol–water partition coefficient (Wildman–Crippen LogP) is 3.74. The minimum Gasteiger partial charge on any atom is -0.478 e. The molecular weight excluding hydrogens is 250 g/mol. The molecule has 0 saturated heterocycles. The van der Waals surface area contributed by atoms with E-state index in [0.29, 0.717) is 18.6 Å². The molecule has 2 aliphatic carbocycles. The summed E-state index contributed by atoms with van der Waals surface area (Å²) in [5.41, 5.74) is 0. The SMILES string of the molecule is CCOc1cc(NC2CCCCC2C)nc(C2CC2)n1. The molecule has 4 nitrogen and oxygen atoms in total. The molecule has 0 aromatic carbocycles. The van der Waals surface area contributed by atoms with Crippen molar-refractivity contribution in [3.8, 4) is 5.88 Å². The van der Waals surface area contributed by atoms with Gasteiger partial charge in [0.1, 0.15) is 11.6 Å². The van der Waals surface area contributed by atoms with Crippen LogP contribution in [0.5, 0.6) is 5.88 Å². The van der Waals surface area contributed by atoms with Crippen LogP contribution < -0.4 is 10.1 Å². The van der Waals surface area contributed by atoms with Crippen molar-refractivity contribution in [2.24, 2.45) is 5.92 Å². The molecule has 1 heterocycles. The van der Waals surface area contributed by atoms with Crippen LogP contribution in [0.15, 0.2) is 6.07 Å². The highest BCUT2D eigenvalue weighted by Crippen LogP contribution is 2.39. The van der Waals surface area contributed by atoms with Crippen molar-refractivity contribution in [1.29, 1.82) is 0 Å². The monoisotopic (exact) mass is 275 g/mol. The first-order valence-electron chi connectivity index (χ1n) is 8.04. The molecule has 1 aromatic heterocycles. The number of hydrogen-bond donors (Lipinski definition) is 1. The lowest BCUT2D eigenvalue weighted by Crippen LogP contribution is -2.30. The molecule has 2 unspecified atom stereocenters. The van der Waals surface area contributed by atoms with E-state index in [9.17, 15) is 0 Å². The zero-order valence-electron chi connectivity index (χ0n) is 12.6. The number of aromatic nitrogens is 2. The van der Waals surface area contributed by atoms with E-state index < -0.39 is 0 Å². The summed E-state index contributed by atoms with van der Waals surface area (Å²) in [6.07, 6.45) is 7.68. The Balaban J connectivity index is 1.76. The van der Waals surface area contributed by atoms with Crippen LogP contribution in [0.1, 0.15) is 64.1 Å². The fraction of sp³-hybridized carbons (Fsp3) is 0.750. The minimum atomic E-state index is 0.542. The first-order valence-corrected chi connectivity index (χ1v) is 8.04. The first-order chi connectivity index (χ1) is 9.76. The Morgan fingerprint density at radius 1 is 1.20 bits per heavy atom. The Labute approximate surface area is 121 Å². The molecule has 0 radical (unpaired) electrons. The lowest BCUT2D eigenvalue weighted by molar-refractivity contribution is 0.324. The third-order valence-electron chi connectivity index (χ3n) is 4.40. The average molecular weight is 275 g/mol. The third kappa shape index (κ3) is 3.22. The van der Waals surface area contributed by atoms with E-state index in [0.717, 1.165) is 23.4 Å². The first kappa shape index (κ1) is 13.7. The molecule has 2 fully saturated rings. The highest BCUT2D eigenvalue weighted by molar-refractivity contribution is 5.40. The summed E-state index contributed by atoms with van der Waals surface area (Å²) in [7, 11) is 0. The van der Waals surface area contributed by atoms with Gasteiger partial charge in [0.2, 0.25) is 5.88 Å². The molecule has 4 heteroatoms. The number of ether oxygens (including phenoxy) is 1. The van der Waals surface area contributed by atoms with Gasteiger partial charge in [-0.3, -0.25) is 0 Å². The van der Waals surface area contributed by atoms with Crippen LogP contribution in [0.4, 0.5) is 5.82 Å². The van der Waals surface area contributed by atoms with Crippen molar-refractivity contribution in [2.45, 2.75) is 64.3 Å². The van der Waals surface area contributed by atoms with E-state index >= 15 is 0 Å². The third-order valence-corrected chi connectivity index (χ3v) is 4.40. The second-order valence-corrected chi connectivity index (χ2v) is 6.17. The number of hydrogen-bond acceptors (Lipinski definition) is 4. The Hall–Kier alpha value is -1.32. The zero-order valence-corrected chi connectivity index (χ0v) is 12.6. The summed E-state index contributed by atoms with van der Waals surface area (Å²) in [6, 6.07) is 2.50. The molecule has 2 saturated carbocycles. The summed E-state index contributed by atoms with van der Waals surface area (Å²) >= 11 is 0. The Morgan fingerprint density at radius 2 is 2.00 bits per heavy atom. The van der Waals surface area contributed by atoms with Gasteiger partial charge in [-0.05, 0) is 38.5 Å². The zero-order chi connectivity index (χ0) is 13.9. The Morgan fingerprint density at radius 3 is 2.70 bits per heavy atom. The van der Waals surface area contributed by atoms with Crippen LogP contribution in [0.25, 0.3) is 0 Å². The summed E-state index contributed by atoms with van der Waals surface area (Å²) < 4.78 is 5.59. The number of nitrogens with zero attached hydrogens (tertiary/aromatic N) is 2. The van der Waals surface area contributed by atoms with Crippen LogP contribution >= 0.6 is 0 Å². The van der Waals surface area contributed by atoms with Gasteiger partial charge < -0.3 is 10.1 Å². The molecule has 0 amide bonds. The fourth-order valence-corrected chi connectivity index (χ4v) is 2.98. The van der Waals surface area contributed by atoms with E-state index in [2.05, 4.69) is 17.2 Å². The summed E-state index contributed by atoms with van der Waals surface area (Å²) in [4.78, 5) is 9.23. The predicted molar refractivity (Wildman–Crippen MR) is 80.2 cm³/mol. The van der Waals surface area contributed by atoms with Gasteiger partial charge in [0.25, 0.3) is 0 Å². The molecule has 2 atom stereocenters. The normalized spacial score (nSPS) is 26.3. The van der Waals surface area contributed by atoms with E-state index in [4.69, 9.17) is 9.72 Å². The van der Waals surface area contributed by atoms with Crippen molar-refractivity contribution in [2.75, 3.05) is 11.9 Å². The van der Waals surface area contributed by atoms with Crippen LogP contribution in [0, 0.1) is 5.92 Å². The summed E-state index contributed by atoms with van der Waals surface area (Å²) in [5, 5.41) is 3.62. The van der Waals surface area contributed by atoms with Crippen molar-refractivity contribution >= 4 is 5.82 Å². The van der Waals surface area contributed by atoms with Gasteiger partial charge in [-0.15, -0.1) is 0 Å². The average Bonchev–Trinajstić information content (AvgIpc) is 3.26. The molecule has 20 heavy (non-hydrogen) atoms. The van der Waals surface area contributed by atoms with Gasteiger partial charge in [-0.1, -0.05) is 19.8 Å². The molecule has 0 bridgehead atoms. The van der Waals surface area contributed by atoms with Gasteiger partial charge in [-0.25, -0.2) is 4.98 Å². The summed E-state index contributed by atoms with van der Waals surface area (Å²) in [6.45, 7) is 4.99. The number of rotatable bonds is 5. The molecule has 0 aliphatic heterocycles. The van der Waals surface area contributed by atoms with E-state index in [1.807, 2.05) is 13.0 Å². The highest BCUT2D eigenvalue weighted by Gasteiger charge is 2.28. The smallest absolute Gasteiger partial charge is 0.218 e. The highest BCUT2D eigenvalue weighted by atomic mass is 16.5. The van der Waals surface area contributed by atoms with Gasteiger partial charge in [0.15, 0.2) is 0 Å². The molecule has 1 aromatic rings. The summed E-state index contributed by atoms with van der Waals surface area (Å²) in [5.74, 6) is 3.90. The molecule has 110 valence electrons. The van der Waals surface area contributed by atoms with Gasteiger partial charge in [0.05, 0.1) is 6.61 Å². The topological polar surface area (TPSA) is 47.0 Å². The maximum absolute atomic E-state index is 5.59. The molecular formula is C16H25N3O. The lowest BCUT2D eigenvalue weighted by Gasteiger charge is -2.30. The quantitative estimate of drug-likeness (QED) is 0.889. The lowest BCUT2D eigenvalue weighted by atomic mass is 9.86. The molecule has 3 rings (SSSR count). The van der Waals surface area contributed by atoms with Gasteiger partial charge >= 0.3 is 0 Å². The van der Waals surface area contributed by atoms with Crippen LogP contribution in [0.3, 0.4) is 0 Å². The van der Waals surface area contributed by atoms with Crippen molar-refractivity contribution in [1.82, 2.24) is 9.97 Å². The van der Waals surface area contributed by atoms with Crippen molar-refractivity contribution < 1.29 is 4.74 Å². The second-order valence-electron chi connectivity index (χ2n) is 6.17. The van der Waals surface area contributed by atoms with E-state index in [1.165, 1.54) is 38.5 Å². The maximum atomic E-state index is 5.59. The maximum Gasteiger partial charge on any atom is 0.218 e. The standard InChI is InChI=1S/C16H25N3O/c1-3-20-15-10-14(18-16(19-15)12-8-9-12)17-13-7-5-4-6-11(13)2/h10-13H,3-9H2,1-2H3,(H,17,18,19). The van der Waals surface area contributed by atoms with Crippen LogP contribution in [-0.2, 0) is 0 Å².